The normalized spacial score (nSPS) is 31.7. The number of ether oxygens (including phenoxy) is 2. The van der Waals surface area contributed by atoms with Gasteiger partial charge in [-0.25, -0.2) is 29.9 Å². The summed E-state index contributed by atoms with van der Waals surface area (Å²) >= 11 is 5.46. The van der Waals surface area contributed by atoms with E-state index >= 15 is 0 Å². The number of aromatic nitrogens is 8. The van der Waals surface area contributed by atoms with Gasteiger partial charge in [0.2, 0.25) is 0 Å². The second-order valence-corrected chi connectivity index (χ2v) is 17.3. The average Bonchev–Trinajstić information content (AvgIpc) is 3.99. The molecule has 3 saturated heterocycles. The van der Waals surface area contributed by atoms with Crippen LogP contribution in [0.15, 0.2) is 86.0 Å². The maximum atomic E-state index is 14.0. The smallest absolute Gasteiger partial charge is 0.325 e. The third kappa shape index (κ3) is 7.98. The molecule has 0 amide bonds. The van der Waals surface area contributed by atoms with Crippen molar-refractivity contribution in [2.24, 2.45) is 0 Å². The van der Waals surface area contributed by atoms with Crippen LogP contribution in [0.2, 0.25) is 0 Å². The summed E-state index contributed by atoms with van der Waals surface area (Å²) in [5.41, 5.74) is 4.61. The number of nitrogens with one attached hydrogen (secondary N) is 1. The van der Waals surface area contributed by atoms with E-state index in [0.717, 1.165) is 23.2 Å². The average molecular weight is 851 g/mol. The van der Waals surface area contributed by atoms with E-state index < -0.39 is 77.4 Å². The summed E-state index contributed by atoms with van der Waals surface area (Å²) in [6.45, 7) is -4.52. The van der Waals surface area contributed by atoms with E-state index in [0.29, 0.717) is 41.1 Å². The minimum Gasteiger partial charge on any atom is -0.387 e. The number of benzene rings is 2. The monoisotopic (exact) mass is 850 g/mol. The highest BCUT2D eigenvalue weighted by Crippen LogP contribution is 2.53. The van der Waals surface area contributed by atoms with Crippen LogP contribution in [0.1, 0.15) is 29.3 Å². The molecule has 0 radical (unpaired) electrons. The van der Waals surface area contributed by atoms with Crippen LogP contribution in [0.5, 0.6) is 0 Å². The molecule has 19 nitrogen and oxygen atoms in total. The highest BCUT2D eigenvalue weighted by atomic mass is 32.5. The van der Waals surface area contributed by atoms with E-state index in [2.05, 4.69) is 35.2 Å². The van der Waals surface area contributed by atoms with Crippen LogP contribution in [-0.2, 0) is 63.3 Å². The summed E-state index contributed by atoms with van der Waals surface area (Å²) in [5, 5.41) is 26.5. The number of hydrogen-bond donors (Lipinski definition) is 4. The molecule has 304 valence electrons. The van der Waals surface area contributed by atoms with E-state index in [1.54, 1.807) is 4.57 Å². The van der Waals surface area contributed by atoms with Gasteiger partial charge in [0.25, 0.3) is 0 Å². The number of anilines is 1. The van der Waals surface area contributed by atoms with Crippen LogP contribution in [-0.4, -0.2) is 112 Å². The summed E-state index contributed by atoms with van der Waals surface area (Å²) < 4.78 is 53.5. The molecule has 23 heteroatoms. The Labute approximate surface area is 336 Å². The largest absolute Gasteiger partial charge is 0.387 e. The van der Waals surface area contributed by atoms with E-state index in [9.17, 15) is 19.7 Å². The van der Waals surface area contributed by atoms with E-state index in [1.165, 1.54) is 29.9 Å². The molecule has 3 aliphatic heterocycles. The first-order chi connectivity index (χ1) is 28.0. The lowest BCUT2D eigenvalue weighted by molar-refractivity contribution is -0.0595. The first-order valence-electron chi connectivity index (χ1n) is 18.0. The van der Waals surface area contributed by atoms with Gasteiger partial charge in [-0.1, -0.05) is 60.7 Å². The van der Waals surface area contributed by atoms with Gasteiger partial charge in [0, 0.05) is 6.54 Å². The third-order valence-electron chi connectivity index (χ3n) is 9.97. The lowest BCUT2D eigenvalue weighted by Gasteiger charge is -2.29. The molecule has 0 spiro atoms. The number of aliphatic hydroxyl groups excluding tert-OH is 2. The quantitative estimate of drug-likeness (QED) is 0.127. The van der Waals surface area contributed by atoms with E-state index in [4.69, 9.17) is 39.4 Å². The molecule has 0 aliphatic carbocycles. The van der Waals surface area contributed by atoms with Crippen LogP contribution < -0.4 is 5.32 Å². The number of hydrogen-bond acceptors (Lipinski definition) is 17. The van der Waals surface area contributed by atoms with Gasteiger partial charge in [-0.15, -0.1) is 0 Å². The molecule has 7 heterocycles. The number of fused-ring (bicyclic) bond motifs is 5. The SMILES string of the molecule is [BH3-]P1(=O)OC[C@H]2O[C@@H](n3cnc4c(NCc5ccccc5)ncnc43)[C@H](OP(O)(=S)OC[C@H]3O[C@@H](n4cnc5c(CCc6ccccc6)ncnc54)[C@H](O)[C@@H]3O1)[C@@H]2O. The Bertz CT molecular complexity index is 2510. The highest BCUT2D eigenvalue weighted by Gasteiger charge is 2.52. The molecule has 3 aliphatic rings. The van der Waals surface area contributed by atoms with Crippen molar-refractivity contribution in [3.05, 3.63) is 103 Å². The molecule has 2 aromatic carbocycles. The molecule has 58 heavy (non-hydrogen) atoms. The Balaban J connectivity index is 0.958. The fourth-order valence-electron chi connectivity index (χ4n) is 7.15. The predicted molar refractivity (Wildman–Crippen MR) is 214 cm³/mol. The van der Waals surface area contributed by atoms with Gasteiger partial charge >= 0.3 is 6.72 Å². The van der Waals surface area contributed by atoms with Crippen LogP contribution in [0, 0.1) is 0 Å². The standard InChI is InChI=1S/C35H39BN9O10P2S/c36-56(48)50-14-23-27(46)30(35(52-23)45-19-43-26-31(39-17-41-33(26)45)37-13-21-9-5-2-6-10-21)55-57(49,58)51-15-24-29(54-56)28(47)34(53-24)44-18-42-25-22(38-16-40-32(25)44)12-11-20-7-3-1-4-8-20/h1-10,16-19,23-24,27-30,34-35,46-47H,11-15H2,36H3,(H,49,58)(H,37,39,41)/q-1/t23-,24-,27-,28-,29-,30-,34-,35-,56?,57?/m1/s1. The highest BCUT2D eigenvalue weighted by molar-refractivity contribution is 8.07. The van der Waals surface area contributed by atoms with Crippen molar-refractivity contribution in [1.29, 1.82) is 0 Å². The molecule has 4 aromatic heterocycles. The number of imidazole rings is 2. The molecule has 2 unspecified atom stereocenters. The number of rotatable bonds is 8. The van der Waals surface area contributed by atoms with Crippen molar-refractivity contribution in [3.8, 4) is 0 Å². The first-order valence-corrected chi connectivity index (χ1v) is 21.7. The van der Waals surface area contributed by atoms with Crippen molar-refractivity contribution < 1.29 is 47.2 Å². The Morgan fingerprint density at radius 2 is 1.38 bits per heavy atom. The molecule has 10 atom stereocenters. The van der Waals surface area contributed by atoms with Gasteiger partial charge in [0.05, 0.1) is 39.1 Å². The van der Waals surface area contributed by atoms with Gasteiger partial charge < -0.3 is 48.0 Å². The molecule has 4 N–H and O–H groups in total. The Morgan fingerprint density at radius 1 is 0.741 bits per heavy atom. The fraction of sp³-hybridized carbons (Fsp3) is 0.371. The maximum absolute atomic E-state index is 14.0. The molecular weight excluding hydrogens is 811 g/mol. The van der Waals surface area contributed by atoms with Gasteiger partial charge in [0.15, 0.2) is 35.1 Å². The Kier molecular flexibility index (Phi) is 11.0. The van der Waals surface area contributed by atoms with Crippen LogP contribution in [0.3, 0.4) is 0 Å². The molecule has 3 fully saturated rings. The van der Waals surface area contributed by atoms with Gasteiger partial charge in [-0.3, -0.25) is 13.7 Å². The lowest BCUT2D eigenvalue weighted by Crippen LogP contribution is -2.36. The summed E-state index contributed by atoms with van der Waals surface area (Å²) in [5.74, 6) is 0.463. The summed E-state index contributed by atoms with van der Waals surface area (Å²) in [6.07, 6.45) is -2.77. The van der Waals surface area contributed by atoms with E-state index in [-0.39, 0.29) is 6.61 Å². The van der Waals surface area contributed by atoms with Gasteiger partial charge in [-0.2, -0.15) is 0 Å². The number of nitrogens with zero attached hydrogens (tertiary/aromatic N) is 8. The summed E-state index contributed by atoms with van der Waals surface area (Å²) in [4.78, 5) is 38.2. The summed E-state index contributed by atoms with van der Waals surface area (Å²) in [7, 11) is -4.95. The molecule has 0 saturated carbocycles. The second kappa shape index (κ2) is 16.2. The zero-order valence-electron chi connectivity index (χ0n) is 29.8. The van der Waals surface area contributed by atoms with Crippen LogP contribution in [0.25, 0.3) is 22.3 Å². The fourth-order valence-corrected chi connectivity index (χ4v) is 9.35. The van der Waals surface area contributed by atoms with Crippen molar-refractivity contribution in [3.63, 3.8) is 0 Å². The van der Waals surface area contributed by atoms with Crippen molar-refractivity contribution in [2.45, 2.75) is 68.5 Å². The zero-order valence-corrected chi connectivity index (χ0v) is 32.4. The molecule has 6 aromatic rings. The Hall–Kier alpha value is -4.08. The van der Waals surface area contributed by atoms with Crippen molar-refractivity contribution >= 4 is 61.7 Å². The number of aliphatic hydroxyl groups is 2. The van der Waals surface area contributed by atoms with Crippen LogP contribution in [0.4, 0.5) is 5.82 Å². The minimum atomic E-state index is -4.19. The number of aryl methyl sites for hydroxylation is 2. The van der Waals surface area contributed by atoms with Crippen molar-refractivity contribution in [2.75, 3.05) is 18.5 Å². The summed E-state index contributed by atoms with van der Waals surface area (Å²) in [6, 6.07) is 19.8. The van der Waals surface area contributed by atoms with Crippen molar-refractivity contribution in [1.82, 2.24) is 39.0 Å². The predicted octanol–water partition coefficient (Wildman–Crippen LogP) is 2.09. The van der Waals surface area contributed by atoms with Gasteiger partial charge in [-0.05, 0) is 35.8 Å². The first kappa shape index (κ1) is 39.4. The van der Waals surface area contributed by atoms with Crippen LogP contribution >= 0.6 is 14.2 Å². The van der Waals surface area contributed by atoms with Gasteiger partial charge in [0.1, 0.15) is 62.3 Å². The molecule has 2 bridgehead atoms. The molecule has 9 rings (SSSR count). The molecular formula is C35H39BN9O10P2S-. The maximum Gasteiger partial charge on any atom is 0.325 e. The Morgan fingerprint density at radius 3 is 2.14 bits per heavy atom. The zero-order chi connectivity index (χ0) is 40.0. The minimum absolute atomic E-state index is 0.344. The third-order valence-corrected chi connectivity index (χ3v) is 12.3. The topological polar surface area (TPSA) is 232 Å². The van der Waals surface area contributed by atoms with E-state index in [1.807, 2.05) is 60.7 Å². The lowest BCUT2D eigenvalue weighted by atomic mass is 10.1. The second-order valence-electron chi connectivity index (χ2n) is 13.6.